The van der Waals surface area contributed by atoms with Crippen LogP contribution >= 0.6 is 0 Å². The zero-order valence-electron chi connectivity index (χ0n) is 13.6. The standard InChI is InChI=1S/C17H31N3O/c1-12-10-15-8-9-16-11-14(19-17(18-12)20(15)16)7-5-3-4-6-13(2)21/h12-16,21H,3-11H2,1-2H3,(H,18,19)/p+1/t12-,13-,14-,15+,16+/m1/s1. The van der Waals surface area contributed by atoms with Crippen LogP contribution in [0.4, 0.5) is 0 Å². The molecule has 3 aliphatic heterocycles. The first kappa shape index (κ1) is 15.1. The predicted octanol–water partition coefficient (Wildman–Crippen LogP) is 1.96. The van der Waals surface area contributed by atoms with E-state index in [-0.39, 0.29) is 6.10 Å². The second kappa shape index (κ2) is 6.55. The average molecular weight is 294 g/mol. The summed E-state index contributed by atoms with van der Waals surface area (Å²) < 4.78 is 2.64. The van der Waals surface area contributed by atoms with Crippen molar-refractivity contribution >= 4 is 5.96 Å². The van der Waals surface area contributed by atoms with Gasteiger partial charge in [-0.25, -0.2) is 0 Å². The summed E-state index contributed by atoms with van der Waals surface area (Å²) in [6.07, 6.45) is 11.1. The van der Waals surface area contributed by atoms with Crippen LogP contribution in [0.2, 0.25) is 0 Å². The first-order valence-electron chi connectivity index (χ1n) is 9.00. The molecule has 21 heavy (non-hydrogen) atoms. The molecule has 3 N–H and O–H groups in total. The fourth-order valence-corrected chi connectivity index (χ4v) is 4.46. The van der Waals surface area contributed by atoms with Crippen molar-refractivity contribution in [2.24, 2.45) is 0 Å². The van der Waals surface area contributed by atoms with E-state index in [1.807, 2.05) is 6.92 Å². The molecular weight excluding hydrogens is 262 g/mol. The Balaban J connectivity index is 1.49. The molecule has 1 fully saturated rings. The van der Waals surface area contributed by atoms with Gasteiger partial charge >= 0.3 is 5.96 Å². The number of aliphatic hydroxyl groups excluding tert-OH is 1. The molecule has 4 nitrogen and oxygen atoms in total. The molecule has 0 bridgehead atoms. The summed E-state index contributed by atoms with van der Waals surface area (Å²) in [7, 11) is 0. The van der Waals surface area contributed by atoms with Gasteiger partial charge < -0.3 is 5.11 Å². The number of hydrogen-bond donors (Lipinski definition) is 3. The summed E-state index contributed by atoms with van der Waals surface area (Å²) in [6.45, 7) is 4.19. The molecule has 0 aromatic rings. The van der Waals surface area contributed by atoms with Gasteiger partial charge in [0, 0.05) is 12.8 Å². The normalized spacial score (nSPS) is 36.0. The van der Waals surface area contributed by atoms with Gasteiger partial charge in [-0.15, -0.1) is 0 Å². The van der Waals surface area contributed by atoms with Crippen LogP contribution in [0.15, 0.2) is 0 Å². The summed E-state index contributed by atoms with van der Waals surface area (Å²) in [5, 5.41) is 16.7. The lowest BCUT2D eigenvalue weighted by Gasteiger charge is -2.35. The summed E-state index contributed by atoms with van der Waals surface area (Å²) >= 11 is 0. The molecule has 3 aliphatic rings. The second-order valence-corrected chi connectivity index (χ2v) is 7.49. The molecule has 0 aromatic heterocycles. The van der Waals surface area contributed by atoms with Gasteiger partial charge in [-0.3, -0.25) is 15.2 Å². The molecule has 4 heteroatoms. The molecule has 0 radical (unpaired) electrons. The summed E-state index contributed by atoms with van der Waals surface area (Å²) in [5.41, 5.74) is 0. The monoisotopic (exact) mass is 294 g/mol. The van der Waals surface area contributed by atoms with Gasteiger partial charge in [0.15, 0.2) is 0 Å². The quantitative estimate of drug-likeness (QED) is 0.518. The maximum atomic E-state index is 9.30. The highest BCUT2D eigenvalue weighted by atomic mass is 16.3. The molecule has 0 spiro atoms. The smallest absolute Gasteiger partial charge is 0.346 e. The van der Waals surface area contributed by atoms with E-state index in [2.05, 4.69) is 22.1 Å². The van der Waals surface area contributed by atoms with Crippen LogP contribution in [-0.2, 0) is 0 Å². The lowest BCUT2D eigenvalue weighted by atomic mass is 9.97. The zero-order chi connectivity index (χ0) is 14.8. The molecular formula is C17H32N3O+. The van der Waals surface area contributed by atoms with Crippen molar-refractivity contribution in [2.75, 3.05) is 0 Å². The number of nitrogens with one attached hydrogen (secondary N) is 2. The van der Waals surface area contributed by atoms with Crippen LogP contribution < -0.4 is 10.6 Å². The van der Waals surface area contributed by atoms with Gasteiger partial charge in [-0.05, 0) is 39.5 Å². The van der Waals surface area contributed by atoms with Crippen molar-refractivity contribution < 1.29 is 9.68 Å². The zero-order valence-corrected chi connectivity index (χ0v) is 13.6. The Bertz CT molecular complexity index is 393. The number of rotatable bonds is 6. The van der Waals surface area contributed by atoms with Gasteiger partial charge in [0.2, 0.25) is 0 Å². The minimum atomic E-state index is -0.134. The first-order chi connectivity index (χ1) is 10.1. The van der Waals surface area contributed by atoms with Gasteiger partial charge in [0.1, 0.15) is 0 Å². The van der Waals surface area contributed by atoms with Crippen LogP contribution in [0.1, 0.15) is 71.6 Å². The Morgan fingerprint density at radius 3 is 2.67 bits per heavy atom. The van der Waals surface area contributed by atoms with E-state index >= 15 is 0 Å². The van der Waals surface area contributed by atoms with E-state index in [0.29, 0.717) is 12.1 Å². The van der Waals surface area contributed by atoms with Crippen molar-refractivity contribution in [3.05, 3.63) is 0 Å². The average Bonchev–Trinajstić information content (AvgIpc) is 2.82. The highest BCUT2D eigenvalue weighted by molar-refractivity contribution is 5.76. The van der Waals surface area contributed by atoms with Gasteiger partial charge in [0.05, 0.1) is 30.3 Å². The minimum Gasteiger partial charge on any atom is -0.393 e. The predicted molar refractivity (Wildman–Crippen MR) is 85.6 cm³/mol. The molecule has 0 aromatic carbocycles. The van der Waals surface area contributed by atoms with E-state index in [1.165, 1.54) is 50.9 Å². The van der Waals surface area contributed by atoms with Gasteiger partial charge in [0.25, 0.3) is 0 Å². The van der Waals surface area contributed by atoms with Crippen LogP contribution in [0.25, 0.3) is 0 Å². The minimum absolute atomic E-state index is 0.134. The summed E-state index contributed by atoms with van der Waals surface area (Å²) in [6, 6.07) is 2.80. The summed E-state index contributed by atoms with van der Waals surface area (Å²) in [5.74, 6) is 1.32. The van der Waals surface area contributed by atoms with Crippen LogP contribution in [0.5, 0.6) is 0 Å². The number of nitrogens with zero attached hydrogens (tertiary/aromatic N) is 1. The molecule has 3 rings (SSSR count). The van der Waals surface area contributed by atoms with Crippen molar-refractivity contribution in [3.8, 4) is 0 Å². The van der Waals surface area contributed by atoms with Crippen LogP contribution in [0, 0.1) is 0 Å². The lowest BCUT2D eigenvalue weighted by Crippen LogP contribution is -2.61. The van der Waals surface area contributed by atoms with E-state index in [9.17, 15) is 5.11 Å². The fraction of sp³-hybridized carbons (Fsp3) is 0.941. The van der Waals surface area contributed by atoms with E-state index in [1.54, 1.807) is 0 Å². The van der Waals surface area contributed by atoms with Crippen molar-refractivity contribution in [3.63, 3.8) is 0 Å². The molecule has 5 atom stereocenters. The molecule has 1 saturated heterocycles. The molecule has 120 valence electrons. The molecule has 0 amide bonds. The van der Waals surface area contributed by atoms with E-state index in [4.69, 9.17) is 0 Å². The van der Waals surface area contributed by atoms with E-state index < -0.39 is 0 Å². The van der Waals surface area contributed by atoms with Crippen LogP contribution in [0.3, 0.4) is 0 Å². The Morgan fingerprint density at radius 2 is 1.90 bits per heavy atom. The second-order valence-electron chi connectivity index (χ2n) is 7.49. The molecule has 3 heterocycles. The third kappa shape index (κ3) is 3.53. The molecule has 0 unspecified atom stereocenters. The molecule has 0 aliphatic carbocycles. The van der Waals surface area contributed by atoms with E-state index in [0.717, 1.165) is 24.9 Å². The fourth-order valence-electron chi connectivity index (χ4n) is 4.46. The van der Waals surface area contributed by atoms with Crippen molar-refractivity contribution in [1.82, 2.24) is 10.6 Å². The Labute approximate surface area is 129 Å². The largest absolute Gasteiger partial charge is 0.393 e. The van der Waals surface area contributed by atoms with Crippen LogP contribution in [-0.4, -0.2) is 45.9 Å². The Morgan fingerprint density at radius 1 is 1.14 bits per heavy atom. The Kier molecular flexibility index (Phi) is 4.72. The highest BCUT2D eigenvalue weighted by Gasteiger charge is 2.44. The number of aliphatic hydroxyl groups is 1. The van der Waals surface area contributed by atoms with Crippen molar-refractivity contribution in [1.29, 1.82) is 0 Å². The third-order valence-corrected chi connectivity index (χ3v) is 5.46. The third-order valence-electron chi connectivity index (χ3n) is 5.46. The lowest BCUT2D eigenvalue weighted by molar-refractivity contribution is -0.593. The molecule has 0 saturated carbocycles. The SMILES string of the molecule is C[C@@H]1C[C@@H]2CC[C@H]3C[C@@H](CCCCC[C@@H](C)O)NC(=[N+]32)N1. The van der Waals surface area contributed by atoms with Gasteiger partial charge in [-0.1, -0.05) is 19.3 Å². The maximum Gasteiger partial charge on any atom is 0.346 e. The topological polar surface area (TPSA) is 47.3 Å². The number of unbranched alkanes of at least 4 members (excludes halogenated alkanes) is 2. The first-order valence-corrected chi connectivity index (χ1v) is 9.00. The number of guanidine groups is 1. The Hall–Kier alpha value is -0.770. The van der Waals surface area contributed by atoms with Crippen molar-refractivity contribution in [2.45, 2.75) is 102 Å². The summed E-state index contributed by atoms with van der Waals surface area (Å²) in [4.78, 5) is 0. The van der Waals surface area contributed by atoms with Gasteiger partial charge in [-0.2, -0.15) is 0 Å². The highest BCUT2D eigenvalue weighted by Crippen LogP contribution is 2.31. The maximum absolute atomic E-state index is 9.30. The number of hydrogen-bond acceptors (Lipinski definition) is 3.